The van der Waals surface area contributed by atoms with E-state index in [1.54, 1.807) is 22.4 Å². The number of carbonyl (C=O) groups excluding carboxylic acids is 1. The molecule has 0 saturated carbocycles. The predicted octanol–water partition coefficient (Wildman–Crippen LogP) is 2.22. The standard InChI is InChI=1S/C12H9N3OS/c16-12(5-9-6-13-8-17-9)10-7-14-15-4-2-1-3-11(10)15/h1-4,6-8H,5H2. The van der Waals surface area contributed by atoms with E-state index >= 15 is 0 Å². The van der Waals surface area contributed by atoms with E-state index in [-0.39, 0.29) is 5.78 Å². The molecule has 0 aromatic carbocycles. The molecule has 0 bridgehead atoms. The van der Waals surface area contributed by atoms with Gasteiger partial charge in [0.2, 0.25) is 0 Å². The molecule has 0 unspecified atom stereocenters. The van der Waals surface area contributed by atoms with Crippen molar-refractivity contribution in [3.63, 3.8) is 0 Å². The van der Waals surface area contributed by atoms with Gasteiger partial charge in [-0.1, -0.05) is 6.07 Å². The fourth-order valence-corrected chi connectivity index (χ4v) is 2.33. The minimum Gasteiger partial charge on any atom is -0.294 e. The van der Waals surface area contributed by atoms with E-state index in [0.29, 0.717) is 12.0 Å². The Bertz CT molecular complexity index is 657. The molecule has 0 fully saturated rings. The summed E-state index contributed by atoms with van der Waals surface area (Å²) in [6.07, 6.45) is 5.58. The lowest BCUT2D eigenvalue weighted by atomic mass is 10.1. The molecule has 3 aromatic heterocycles. The zero-order valence-corrected chi connectivity index (χ0v) is 9.72. The average molecular weight is 243 g/mol. The highest BCUT2D eigenvalue weighted by atomic mass is 32.1. The lowest BCUT2D eigenvalue weighted by molar-refractivity contribution is 0.0995. The van der Waals surface area contributed by atoms with Gasteiger partial charge in [0.05, 0.1) is 22.8 Å². The van der Waals surface area contributed by atoms with Crippen LogP contribution in [-0.2, 0) is 6.42 Å². The number of rotatable bonds is 3. The van der Waals surface area contributed by atoms with Crippen LogP contribution in [0.1, 0.15) is 15.2 Å². The van der Waals surface area contributed by atoms with Crippen LogP contribution in [-0.4, -0.2) is 20.4 Å². The van der Waals surface area contributed by atoms with Crippen LogP contribution in [0.5, 0.6) is 0 Å². The first kappa shape index (κ1) is 10.2. The first-order valence-electron chi connectivity index (χ1n) is 5.17. The molecule has 3 heterocycles. The summed E-state index contributed by atoms with van der Waals surface area (Å²) in [5.74, 6) is 0.0791. The third-order valence-electron chi connectivity index (χ3n) is 2.55. The average Bonchev–Trinajstić information content (AvgIpc) is 2.96. The summed E-state index contributed by atoms with van der Waals surface area (Å²) in [6, 6.07) is 5.69. The number of fused-ring (bicyclic) bond motifs is 1. The van der Waals surface area contributed by atoms with Crippen molar-refractivity contribution in [3.05, 3.63) is 52.7 Å². The van der Waals surface area contributed by atoms with Crippen LogP contribution < -0.4 is 0 Å². The van der Waals surface area contributed by atoms with Crippen molar-refractivity contribution in [1.29, 1.82) is 0 Å². The normalized spacial score (nSPS) is 10.8. The molecule has 0 N–H and O–H groups in total. The molecule has 0 saturated heterocycles. The van der Waals surface area contributed by atoms with Crippen LogP contribution >= 0.6 is 11.3 Å². The Balaban J connectivity index is 1.96. The number of aromatic nitrogens is 3. The minimum absolute atomic E-state index is 0.0791. The number of pyridine rings is 1. The van der Waals surface area contributed by atoms with Gasteiger partial charge >= 0.3 is 0 Å². The van der Waals surface area contributed by atoms with Gasteiger partial charge in [0.15, 0.2) is 5.78 Å². The molecule has 0 aliphatic rings. The Labute approximate surface area is 102 Å². The lowest BCUT2D eigenvalue weighted by Crippen LogP contribution is -2.01. The van der Waals surface area contributed by atoms with Crippen LogP contribution in [0.3, 0.4) is 0 Å². The number of hydrogen-bond acceptors (Lipinski definition) is 4. The number of hydrogen-bond donors (Lipinski definition) is 0. The molecular formula is C12H9N3OS. The highest BCUT2D eigenvalue weighted by molar-refractivity contribution is 7.09. The van der Waals surface area contributed by atoms with Crippen molar-refractivity contribution < 1.29 is 4.79 Å². The Hall–Kier alpha value is -2.01. The van der Waals surface area contributed by atoms with E-state index in [4.69, 9.17) is 0 Å². The smallest absolute Gasteiger partial charge is 0.171 e. The zero-order valence-electron chi connectivity index (χ0n) is 8.91. The second-order valence-corrected chi connectivity index (χ2v) is 4.63. The molecule has 0 atom stereocenters. The maximum absolute atomic E-state index is 12.1. The van der Waals surface area contributed by atoms with Crippen molar-refractivity contribution in [2.75, 3.05) is 0 Å². The number of thiazole rings is 1. The van der Waals surface area contributed by atoms with Crippen molar-refractivity contribution in [3.8, 4) is 0 Å². The van der Waals surface area contributed by atoms with Gasteiger partial charge in [0.25, 0.3) is 0 Å². The van der Waals surface area contributed by atoms with Crippen molar-refractivity contribution in [2.24, 2.45) is 0 Å². The summed E-state index contributed by atoms with van der Waals surface area (Å²) in [5.41, 5.74) is 3.25. The van der Waals surface area contributed by atoms with Gasteiger partial charge in [-0.25, -0.2) is 4.52 Å². The lowest BCUT2D eigenvalue weighted by Gasteiger charge is -1.96. The van der Waals surface area contributed by atoms with Crippen molar-refractivity contribution in [2.45, 2.75) is 6.42 Å². The van der Waals surface area contributed by atoms with Crippen molar-refractivity contribution >= 4 is 22.6 Å². The molecule has 17 heavy (non-hydrogen) atoms. The van der Waals surface area contributed by atoms with Crippen LogP contribution in [0.2, 0.25) is 0 Å². The summed E-state index contributed by atoms with van der Waals surface area (Å²) >= 11 is 1.49. The zero-order chi connectivity index (χ0) is 11.7. The van der Waals surface area contributed by atoms with Gasteiger partial charge in [-0.3, -0.25) is 9.78 Å². The number of nitrogens with zero attached hydrogens (tertiary/aromatic N) is 3. The summed E-state index contributed by atoms with van der Waals surface area (Å²) < 4.78 is 1.71. The molecule has 4 nitrogen and oxygen atoms in total. The molecule has 0 aliphatic carbocycles. The molecule has 3 aromatic rings. The minimum atomic E-state index is 0.0791. The maximum Gasteiger partial charge on any atom is 0.171 e. The first-order valence-corrected chi connectivity index (χ1v) is 6.05. The molecule has 5 heteroatoms. The molecule has 0 radical (unpaired) electrons. The van der Waals surface area contributed by atoms with E-state index in [1.807, 2.05) is 24.4 Å². The van der Waals surface area contributed by atoms with E-state index in [0.717, 1.165) is 10.4 Å². The third kappa shape index (κ3) is 1.85. The molecule has 0 aliphatic heterocycles. The van der Waals surface area contributed by atoms with Crippen molar-refractivity contribution in [1.82, 2.24) is 14.6 Å². The van der Waals surface area contributed by atoms with Gasteiger partial charge in [0, 0.05) is 23.7 Å². The Kier molecular flexibility index (Phi) is 2.45. The highest BCUT2D eigenvalue weighted by Crippen LogP contribution is 2.15. The summed E-state index contributed by atoms with van der Waals surface area (Å²) in [5, 5.41) is 4.15. The second-order valence-electron chi connectivity index (χ2n) is 3.66. The third-order valence-corrected chi connectivity index (χ3v) is 3.32. The largest absolute Gasteiger partial charge is 0.294 e. The number of ketones is 1. The highest BCUT2D eigenvalue weighted by Gasteiger charge is 2.13. The fourth-order valence-electron chi connectivity index (χ4n) is 1.73. The predicted molar refractivity (Wildman–Crippen MR) is 65.3 cm³/mol. The van der Waals surface area contributed by atoms with E-state index in [2.05, 4.69) is 10.1 Å². The maximum atomic E-state index is 12.1. The Morgan fingerprint density at radius 3 is 3.12 bits per heavy atom. The van der Waals surface area contributed by atoms with Gasteiger partial charge in [-0.15, -0.1) is 11.3 Å². The van der Waals surface area contributed by atoms with Crippen LogP contribution in [0, 0.1) is 0 Å². The monoisotopic (exact) mass is 243 g/mol. The summed E-state index contributed by atoms with van der Waals surface area (Å²) in [6.45, 7) is 0. The molecule has 0 amide bonds. The summed E-state index contributed by atoms with van der Waals surface area (Å²) in [7, 11) is 0. The van der Waals surface area contributed by atoms with E-state index in [1.165, 1.54) is 11.3 Å². The molecule has 0 spiro atoms. The molecular weight excluding hydrogens is 234 g/mol. The number of Topliss-reactive ketones (excluding diaryl/α,β-unsaturated/α-hetero) is 1. The fraction of sp³-hybridized carbons (Fsp3) is 0.0833. The topological polar surface area (TPSA) is 47.3 Å². The quantitative estimate of drug-likeness (QED) is 0.663. The first-order chi connectivity index (χ1) is 8.34. The van der Waals surface area contributed by atoms with Gasteiger partial charge in [0.1, 0.15) is 0 Å². The summed E-state index contributed by atoms with van der Waals surface area (Å²) in [4.78, 5) is 17.1. The SMILES string of the molecule is O=C(Cc1cncs1)c1cnn2ccccc12. The molecule has 3 rings (SSSR count). The van der Waals surface area contributed by atoms with Crippen LogP contribution in [0.15, 0.2) is 42.3 Å². The van der Waals surface area contributed by atoms with Crippen LogP contribution in [0.25, 0.3) is 5.52 Å². The van der Waals surface area contributed by atoms with Gasteiger partial charge < -0.3 is 0 Å². The van der Waals surface area contributed by atoms with Crippen LogP contribution in [0.4, 0.5) is 0 Å². The van der Waals surface area contributed by atoms with Gasteiger partial charge in [-0.05, 0) is 12.1 Å². The molecule has 84 valence electrons. The Morgan fingerprint density at radius 1 is 1.35 bits per heavy atom. The van der Waals surface area contributed by atoms with E-state index in [9.17, 15) is 4.79 Å². The van der Waals surface area contributed by atoms with Gasteiger partial charge in [-0.2, -0.15) is 5.10 Å². The second kappa shape index (κ2) is 4.10. The van der Waals surface area contributed by atoms with E-state index < -0.39 is 0 Å². The number of carbonyl (C=O) groups is 1. The Morgan fingerprint density at radius 2 is 2.29 bits per heavy atom.